The summed E-state index contributed by atoms with van der Waals surface area (Å²) in [7, 11) is 3.65. The molecule has 1 heterocycles. The van der Waals surface area contributed by atoms with E-state index in [4.69, 9.17) is 9.47 Å². The largest absolute Gasteiger partial charge is 0.382 e. The molecule has 6 heteroatoms. The van der Waals surface area contributed by atoms with Gasteiger partial charge in [0.1, 0.15) is 0 Å². The zero-order valence-corrected chi connectivity index (χ0v) is 14.5. The highest BCUT2D eigenvalue weighted by atomic mass is 79.9. The highest BCUT2D eigenvalue weighted by molar-refractivity contribution is 9.10. The van der Waals surface area contributed by atoms with Crippen LogP contribution in [0.1, 0.15) is 25.2 Å². The lowest BCUT2D eigenvalue weighted by Crippen LogP contribution is -2.34. The third-order valence-electron chi connectivity index (χ3n) is 3.29. The van der Waals surface area contributed by atoms with Gasteiger partial charge in [0, 0.05) is 26.1 Å². The van der Waals surface area contributed by atoms with E-state index < -0.39 is 0 Å². The van der Waals surface area contributed by atoms with E-state index in [1.807, 2.05) is 7.05 Å². The van der Waals surface area contributed by atoms with Crippen molar-refractivity contribution >= 4 is 15.9 Å². The van der Waals surface area contributed by atoms with E-state index in [1.165, 1.54) is 5.69 Å². The summed E-state index contributed by atoms with van der Waals surface area (Å²) in [6, 6.07) is 0.273. The maximum Gasteiger partial charge on any atom is 0.0766 e. The fraction of sp³-hybridized carbons (Fsp3) is 0.786. The zero-order valence-electron chi connectivity index (χ0n) is 12.9. The van der Waals surface area contributed by atoms with Gasteiger partial charge in [-0.2, -0.15) is 5.10 Å². The molecule has 0 aliphatic carbocycles. The van der Waals surface area contributed by atoms with E-state index >= 15 is 0 Å². The number of aryl methyl sites for hydroxylation is 2. The van der Waals surface area contributed by atoms with Gasteiger partial charge in [0.15, 0.2) is 0 Å². The third-order valence-corrected chi connectivity index (χ3v) is 4.21. The SMILES string of the molecule is CCc1nn(CC)c(CC(COCCOC)NC)c1Br. The van der Waals surface area contributed by atoms with Crippen LogP contribution in [0.3, 0.4) is 0 Å². The van der Waals surface area contributed by atoms with Crippen molar-refractivity contribution in [3.05, 3.63) is 15.9 Å². The smallest absolute Gasteiger partial charge is 0.0766 e. The number of nitrogens with one attached hydrogen (secondary N) is 1. The van der Waals surface area contributed by atoms with Crippen molar-refractivity contribution in [3.63, 3.8) is 0 Å². The van der Waals surface area contributed by atoms with Crippen molar-refractivity contribution < 1.29 is 9.47 Å². The van der Waals surface area contributed by atoms with Gasteiger partial charge in [-0.3, -0.25) is 4.68 Å². The molecule has 1 rings (SSSR count). The van der Waals surface area contributed by atoms with Crippen molar-refractivity contribution in [3.8, 4) is 0 Å². The zero-order chi connectivity index (χ0) is 15.0. The molecule has 0 aliphatic rings. The molecule has 0 bridgehead atoms. The second kappa shape index (κ2) is 9.50. The van der Waals surface area contributed by atoms with Crippen LogP contribution in [0.4, 0.5) is 0 Å². The minimum Gasteiger partial charge on any atom is -0.382 e. The molecule has 0 spiro atoms. The molecule has 0 fully saturated rings. The first-order chi connectivity index (χ1) is 9.67. The van der Waals surface area contributed by atoms with E-state index in [-0.39, 0.29) is 6.04 Å². The first kappa shape index (κ1) is 17.6. The topological polar surface area (TPSA) is 48.3 Å². The molecule has 1 aromatic rings. The number of nitrogens with zero attached hydrogens (tertiary/aromatic N) is 2. The normalized spacial score (nSPS) is 12.8. The van der Waals surface area contributed by atoms with Gasteiger partial charge in [0.25, 0.3) is 0 Å². The van der Waals surface area contributed by atoms with Crippen LogP contribution >= 0.6 is 15.9 Å². The Bertz CT molecular complexity index is 396. The quantitative estimate of drug-likeness (QED) is 0.658. The van der Waals surface area contributed by atoms with E-state index in [1.54, 1.807) is 7.11 Å². The summed E-state index contributed by atoms with van der Waals surface area (Å²) in [4.78, 5) is 0. The van der Waals surface area contributed by atoms with Gasteiger partial charge in [-0.05, 0) is 36.3 Å². The van der Waals surface area contributed by atoms with Gasteiger partial charge in [-0.25, -0.2) is 0 Å². The predicted octanol–water partition coefficient (Wildman–Crippen LogP) is 2.02. The summed E-state index contributed by atoms with van der Waals surface area (Å²) < 4.78 is 13.8. The summed E-state index contributed by atoms with van der Waals surface area (Å²) in [5.41, 5.74) is 2.36. The van der Waals surface area contributed by atoms with Gasteiger partial charge in [0.2, 0.25) is 0 Å². The Morgan fingerprint density at radius 1 is 1.35 bits per heavy atom. The Balaban J connectivity index is 2.66. The molecular formula is C14H26BrN3O2. The van der Waals surface area contributed by atoms with Crippen LogP contribution in [0.5, 0.6) is 0 Å². The lowest BCUT2D eigenvalue weighted by molar-refractivity contribution is 0.0595. The van der Waals surface area contributed by atoms with Crippen LogP contribution in [-0.4, -0.2) is 49.8 Å². The Hall–Kier alpha value is -0.430. The van der Waals surface area contributed by atoms with Crippen molar-refractivity contribution in [2.75, 3.05) is 34.0 Å². The molecule has 0 aliphatic heterocycles. The number of rotatable bonds is 10. The molecule has 0 saturated heterocycles. The standard InChI is InChI=1S/C14H26BrN3O2/c1-5-12-14(15)13(18(6-2)17-12)9-11(16-3)10-20-8-7-19-4/h11,16H,5-10H2,1-4H3. The van der Waals surface area contributed by atoms with Crippen molar-refractivity contribution in [2.24, 2.45) is 0 Å². The molecule has 0 aromatic carbocycles. The number of methoxy groups -OCH3 is 1. The fourth-order valence-corrected chi connectivity index (χ4v) is 2.78. The van der Waals surface area contributed by atoms with Crippen LogP contribution < -0.4 is 5.32 Å². The Labute approximate surface area is 130 Å². The minimum absolute atomic E-state index is 0.273. The van der Waals surface area contributed by atoms with Crippen molar-refractivity contribution in [1.29, 1.82) is 0 Å². The third kappa shape index (κ3) is 4.84. The number of likely N-dealkylation sites (N-methyl/N-ethyl adjacent to an activating group) is 1. The number of aromatic nitrogens is 2. The van der Waals surface area contributed by atoms with Gasteiger partial charge in [0.05, 0.1) is 35.7 Å². The molecular weight excluding hydrogens is 322 g/mol. The second-order valence-electron chi connectivity index (χ2n) is 4.63. The maximum atomic E-state index is 5.61. The van der Waals surface area contributed by atoms with E-state index in [9.17, 15) is 0 Å². The first-order valence-corrected chi connectivity index (χ1v) is 7.95. The molecule has 20 heavy (non-hydrogen) atoms. The molecule has 1 atom stereocenters. The van der Waals surface area contributed by atoms with E-state index in [0.29, 0.717) is 19.8 Å². The summed E-state index contributed by atoms with van der Waals surface area (Å²) in [5, 5.41) is 7.93. The average Bonchev–Trinajstić information content (AvgIpc) is 2.78. The highest BCUT2D eigenvalue weighted by Crippen LogP contribution is 2.23. The van der Waals surface area contributed by atoms with Crippen LogP contribution in [0.2, 0.25) is 0 Å². The molecule has 0 amide bonds. The van der Waals surface area contributed by atoms with Crippen molar-refractivity contribution in [1.82, 2.24) is 15.1 Å². The molecule has 1 aromatic heterocycles. The van der Waals surface area contributed by atoms with E-state index in [2.05, 4.69) is 44.9 Å². The summed E-state index contributed by atoms with van der Waals surface area (Å²) in [6.45, 7) is 7.06. The monoisotopic (exact) mass is 347 g/mol. The molecule has 1 N–H and O–H groups in total. The lowest BCUT2D eigenvalue weighted by Gasteiger charge is -2.17. The Kier molecular flexibility index (Phi) is 8.37. The molecule has 0 saturated carbocycles. The van der Waals surface area contributed by atoms with Gasteiger partial charge in [-0.1, -0.05) is 6.92 Å². The average molecular weight is 348 g/mol. The second-order valence-corrected chi connectivity index (χ2v) is 5.43. The summed E-state index contributed by atoms with van der Waals surface area (Å²) >= 11 is 3.68. The Morgan fingerprint density at radius 3 is 2.65 bits per heavy atom. The van der Waals surface area contributed by atoms with Crippen LogP contribution in [0.15, 0.2) is 4.47 Å². The van der Waals surface area contributed by atoms with Crippen LogP contribution in [0, 0.1) is 0 Å². The number of halogens is 1. The highest BCUT2D eigenvalue weighted by Gasteiger charge is 2.17. The van der Waals surface area contributed by atoms with Gasteiger partial charge in [-0.15, -0.1) is 0 Å². The van der Waals surface area contributed by atoms with Crippen LogP contribution in [0.25, 0.3) is 0 Å². The van der Waals surface area contributed by atoms with Gasteiger partial charge < -0.3 is 14.8 Å². The summed E-state index contributed by atoms with van der Waals surface area (Å²) in [6.07, 6.45) is 1.83. The van der Waals surface area contributed by atoms with E-state index in [0.717, 1.165) is 29.6 Å². The molecule has 5 nitrogen and oxygen atoms in total. The summed E-state index contributed by atoms with van der Waals surface area (Å²) in [5.74, 6) is 0. The molecule has 1 unspecified atom stereocenters. The Morgan fingerprint density at radius 2 is 2.10 bits per heavy atom. The fourth-order valence-electron chi connectivity index (χ4n) is 2.06. The molecule has 0 radical (unpaired) electrons. The molecule has 116 valence electrons. The number of hydrogen-bond acceptors (Lipinski definition) is 4. The van der Waals surface area contributed by atoms with Crippen molar-refractivity contribution in [2.45, 2.75) is 39.3 Å². The number of hydrogen-bond donors (Lipinski definition) is 1. The first-order valence-electron chi connectivity index (χ1n) is 7.15. The number of ether oxygens (including phenoxy) is 2. The maximum absolute atomic E-state index is 5.61. The lowest BCUT2D eigenvalue weighted by atomic mass is 10.1. The van der Waals surface area contributed by atoms with Crippen LogP contribution in [-0.2, 0) is 28.9 Å². The minimum atomic E-state index is 0.273. The van der Waals surface area contributed by atoms with Gasteiger partial charge >= 0.3 is 0 Å². The predicted molar refractivity (Wildman–Crippen MR) is 84.2 cm³/mol.